The summed E-state index contributed by atoms with van der Waals surface area (Å²) in [6.07, 6.45) is 0.220. The zero-order valence-corrected chi connectivity index (χ0v) is 11.2. The van der Waals surface area contributed by atoms with E-state index in [1.54, 1.807) is 24.3 Å². The first-order valence-corrected chi connectivity index (χ1v) is 6.19. The van der Waals surface area contributed by atoms with E-state index < -0.39 is 5.97 Å². The first-order valence-electron chi connectivity index (χ1n) is 6.19. The molecular formula is C14H19NO4. The molecule has 5 heteroatoms. The molecule has 0 bridgehead atoms. The molecule has 5 nitrogen and oxygen atoms in total. The monoisotopic (exact) mass is 265 g/mol. The van der Waals surface area contributed by atoms with E-state index in [9.17, 15) is 9.59 Å². The molecule has 0 spiro atoms. The van der Waals surface area contributed by atoms with Gasteiger partial charge in [-0.25, -0.2) is 0 Å². The molecule has 1 N–H and O–H groups in total. The van der Waals surface area contributed by atoms with Crippen LogP contribution in [0.2, 0.25) is 0 Å². The number of anilines is 1. The second-order valence-corrected chi connectivity index (χ2v) is 4.38. The van der Waals surface area contributed by atoms with Gasteiger partial charge in [-0.2, -0.15) is 0 Å². The van der Waals surface area contributed by atoms with Crippen LogP contribution in [0.5, 0.6) is 0 Å². The third-order valence-electron chi connectivity index (χ3n) is 2.43. The summed E-state index contributed by atoms with van der Waals surface area (Å²) < 4.78 is 5.31. The number of nitrogens with zero attached hydrogens (tertiary/aromatic N) is 1. The van der Waals surface area contributed by atoms with Crippen molar-refractivity contribution < 1.29 is 19.4 Å². The smallest absolute Gasteiger partial charge is 0.323 e. The van der Waals surface area contributed by atoms with E-state index in [4.69, 9.17) is 9.84 Å². The lowest BCUT2D eigenvalue weighted by molar-refractivity contribution is -0.136. The second kappa shape index (κ2) is 7.53. The third kappa shape index (κ3) is 5.52. The van der Waals surface area contributed by atoms with Crippen LogP contribution >= 0.6 is 0 Å². The van der Waals surface area contributed by atoms with Gasteiger partial charge in [0, 0.05) is 5.69 Å². The Balaban J connectivity index is 2.69. The number of hydrogen-bond donors (Lipinski definition) is 1. The maximum Gasteiger partial charge on any atom is 0.323 e. The Hall–Kier alpha value is -1.88. The van der Waals surface area contributed by atoms with Gasteiger partial charge >= 0.3 is 5.97 Å². The van der Waals surface area contributed by atoms with E-state index in [-0.39, 0.29) is 25.0 Å². The molecule has 1 rings (SSSR count). The maximum atomic E-state index is 12.0. The Morgan fingerprint density at radius 3 is 2.42 bits per heavy atom. The molecule has 0 aliphatic carbocycles. The standard InChI is InChI=1S/C14H19NO4/c1-11(2)19-9-8-13(16)15(10-14(17)18)12-6-4-3-5-7-12/h3-7,11H,8-10H2,1-2H3,(H,17,18). The minimum Gasteiger partial charge on any atom is -0.480 e. The Morgan fingerprint density at radius 2 is 1.89 bits per heavy atom. The van der Waals surface area contributed by atoms with Crippen molar-refractivity contribution in [2.24, 2.45) is 0 Å². The molecule has 0 aliphatic heterocycles. The van der Waals surface area contributed by atoms with Crippen LogP contribution in [0, 0.1) is 0 Å². The molecule has 0 atom stereocenters. The average Bonchev–Trinajstić information content (AvgIpc) is 2.36. The number of aliphatic carboxylic acids is 1. The molecule has 0 unspecified atom stereocenters. The summed E-state index contributed by atoms with van der Waals surface area (Å²) in [6, 6.07) is 8.77. The van der Waals surface area contributed by atoms with E-state index in [1.807, 2.05) is 19.9 Å². The molecule has 0 aliphatic rings. The van der Waals surface area contributed by atoms with Crippen LogP contribution in [0.1, 0.15) is 20.3 Å². The van der Waals surface area contributed by atoms with E-state index in [0.29, 0.717) is 12.3 Å². The predicted molar refractivity (Wildman–Crippen MR) is 72.1 cm³/mol. The fourth-order valence-corrected chi connectivity index (χ4v) is 1.58. The van der Waals surface area contributed by atoms with Gasteiger partial charge in [-0.15, -0.1) is 0 Å². The zero-order valence-electron chi connectivity index (χ0n) is 11.2. The highest BCUT2D eigenvalue weighted by atomic mass is 16.5. The van der Waals surface area contributed by atoms with Gasteiger partial charge < -0.3 is 14.7 Å². The van der Waals surface area contributed by atoms with Gasteiger partial charge in [0.05, 0.1) is 19.1 Å². The van der Waals surface area contributed by atoms with E-state index >= 15 is 0 Å². The fraction of sp³-hybridized carbons (Fsp3) is 0.429. The van der Waals surface area contributed by atoms with Crippen LogP contribution < -0.4 is 4.90 Å². The number of amides is 1. The Bertz CT molecular complexity index is 417. The average molecular weight is 265 g/mol. The molecule has 0 fully saturated rings. The van der Waals surface area contributed by atoms with Gasteiger partial charge in [0.25, 0.3) is 0 Å². The van der Waals surface area contributed by atoms with Crippen molar-refractivity contribution in [2.45, 2.75) is 26.4 Å². The number of carbonyl (C=O) groups is 2. The summed E-state index contributed by atoms with van der Waals surface area (Å²) in [5.74, 6) is -1.30. The molecule has 1 amide bonds. The van der Waals surface area contributed by atoms with E-state index in [1.165, 1.54) is 4.90 Å². The minimum absolute atomic E-state index is 0.0532. The van der Waals surface area contributed by atoms with Gasteiger partial charge in [0.15, 0.2) is 0 Å². The molecule has 1 aromatic rings. The first kappa shape index (κ1) is 15.2. The number of benzene rings is 1. The van der Waals surface area contributed by atoms with Gasteiger partial charge in [-0.05, 0) is 26.0 Å². The van der Waals surface area contributed by atoms with Crippen LogP contribution in [0.3, 0.4) is 0 Å². The maximum absolute atomic E-state index is 12.0. The summed E-state index contributed by atoms with van der Waals surface area (Å²) >= 11 is 0. The quantitative estimate of drug-likeness (QED) is 0.818. The van der Waals surface area contributed by atoms with Crippen LogP contribution in [0.25, 0.3) is 0 Å². The SMILES string of the molecule is CC(C)OCCC(=O)N(CC(=O)O)c1ccccc1. The summed E-state index contributed by atoms with van der Waals surface area (Å²) in [5, 5.41) is 8.88. The summed E-state index contributed by atoms with van der Waals surface area (Å²) in [4.78, 5) is 24.1. The number of carboxylic acids is 1. The Labute approximate surface area is 112 Å². The predicted octanol–water partition coefficient (Wildman–Crippen LogP) is 1.92. The van der Waals surface area contributed by atoms with Crippen molar-refractivity contribution in [2.75, 3.05) is 18.1 Å². The largest absolute Gasteiger partial charge is 0.480 e. The molecular weight excluding hydrogens is 246 g/mol. The molecule has 19 heavy (non-hydrogen) atoms. The van der Waals surface area contributed by atoms with Gasteiger partial charge in [-0.3, -0.25) is 9.59 Å². The number of rotatable bonds is 7. The van der Waals surface area contributed by atoms with Crippen LogP contribution in [-0.2, 0) is 14.3 Å². The van der Waals surface area contributed by atoms with Gasteiger partial charge in [0.2, 0.25) is 5.91 Å². The van der Waals surface area contributed by atoms with Gasteiger partial charge in [-0.1, -0.05) is 18.2 Å². The van der Waals surface area contributed by atoms with Crippen molar-refractivity contribution in [3.63, 3.8) is 0 Å². The Kier molecular flexibility index (Phi) is 6.02. The molecule has 1 aromatic carbocycles. The highest BCUT2D eigenvalue weighted by Gasteiger charge is 2.18. The third-order valence-corrected chi connectivity index (χ3v) is 2.43. The lowest BCUT2D eigenvalue weighted by Crippen LogP contribution is -2.36. The number of carboxylic acid groups (broad SMARTS) is 1. The van der Waals surface area contributed by atoms with Crippen molar-refractivity contribution in [1.29, 1.82) is 0 Å². The van der Waals surface area contributed by atoms with Crippen molar-refractivity contribution >= 4 is 17.6 Å². The van der Waals surface area contributed by atoms with Crippen LogP contribution in [0.15, 0.2) is 30.3 Å². The highest BCUT2D eigenvalue weighted by molar-refractivity contribution is 5.97. The molecule has 104 valence electrons. The molecule has 0 heterocycles. The van der Waals surface area contributed by atoms with E-state index in [0.717, 1.165) is 0 Å². The molecule has 0 saturated heterocycles. The molecule has 0 aromatic heterocycles. The summed E-state index contributed by atoms with van der Waals surface area (Å²) in [5.41, 5.74) is 0.583. The lowest BCUT2D eigenvalue weighted by atomic mass is 10.2. The lowest BCUT2D eigenvalue weighted by Gasteiger charge is -2.21. The molecule has 0 saturated carbocycles. The normalized spacial score (nSPS) is 10.5. The van der Waals surface area contributed by atoms with Crippen molar-refractivity contribution in [3.05, 3.63) is 30.3 Å². The van der Waals surface area contributed by atoms with E-state index in [2.05, 4.69) is 0 Å². The first-order chi connectivity index (χ1) is 9.00. The van der Waals surface area contributed by atoms with Crippen molar-refractivity contribution in [3.8, 4) is 0 Å². The number of ether oxygens (including phenoxy) is 1. The van der Waals surface area contributed by atoms with Crippen LogP contribution in [-0.4, -0.2) is 36.2 Å². The number of hydrogen-bond acceptors (Lipinski definition) is 3. The second-order valence-electron chi connectivity index (χ2n) is 4.38. The van der Waals surface area contributed by atoms with Gasteiger partial charge in [0.1, 0.15) is 6.54 Å². The number of para-hydroxylation sites is 1. The number of carbonyl (C=O) groups excluding carboxylic acids is 1. The topological polar surface area (TPSA) is 66.8 Å². The summed E-state index contributed by atoms with van der Waals surface area (Å²) in [7, 11) is 0. The zero-order chi connectivity index (χ0) is 14.3. The molecule has 0 radical (unpaired) electrons. The van der Waals surface area contributed by atoms with Crippen molar-refractivity contribution in [1.82, 2.24) is 0 Å². The fourth-order valence-electron chi connectivity index (χ4n) is 1.58. The Morgan fingerprint density at radius 1 is 1.26 bits per heavy atom. The highest BCUT2D eigenvalue weighted by Crippen LogP contribution is 2.14. The minimum atomic E-state index is -1.04. The van der Waals surface area contributed by atoms with Crippen LogP contribution in [0.4, 0.5) is 5.69 Å². The summed E-state index contributed by atoms with van der Waals surface area (Å²) in [6.45, 7) is 3.72.